The van der Waals surface area contributed by atoms with Crippen LogP contribution in [0.3, 0.4) is 0 Å². The molecule has 28 heteroatoms. The third-order valence-electron chi connectivity index (χ3n) is 12.8. The fourth-order valence-corrected chi connectivity index (χ4v) is 8.92. The van der Waals surface area contributed by atoms with E-state index in [1.807, 2.05) is 19.9 Å². The summed E-state index contributed by atoms with van der Waals surface area (Å²) in [6.07, 6.45) is 1.20. The molecule has 2 aliphatic heterocycles. The minimum atomic E-state index is -1.13. The molecular weight excluding hydrogens is 1120 g/mol. The van der Waals surface area contributed by atoms with Crippen molar-refractivity contribution in [2.75, 3.05) is 82.1 Å². The Morgan fingerprint density at radius 3 is 2.34 bits per heavy atom. The van der Waals surface area contributed by atoms with E-state index in [0.717, 1.165) is 13.1 Å². The van der Waals surface area contributed by atoms with Crippen LogP contribution in [0.2, 0.25) is 5.02 Å². The highest BCUT2D eigenvalue weighted by atomic mass is 79.9. The Bertz CT molecular complexity index is 2980. The minimum Gasteiger partial charge on any atom is -0.445 e. The average Bonchev–Trinajstić information content (AvgIpc) is 4.23. The highest BCUT2D eigenvalue weighted by Gasteiger charge is 2.38. The van der Waals surface area contributed by atoms with Crippen molar-refractivity contribution in [2.45, 2.75) is 85.0 Å². The lowest BCUT2D eigenvalue weighted by molar-refractivity contribution is -0.140. The van der Waals surface area contributed by atoms with Crippen molar-refractivity contribution in [3.05, 3.63) is 99.2 Å². The van der Waals surface area contributed by atoms with Gasteiger partial charge in [0.25, 0.3) is 0 Å². The topological polar surface area (TPSA) is 287 Å². The molecule has 24 nitrogen and oxygen atoms in total. The predicted molar refractivity (Wildman–Crippen MR) is 302 cm³/mol. The number of urea groups is 1. The fraction of sp³-hybridized carbons (Fsp3) is 0.462. The Morgan fingerprint density at radius 1 is 0.963 bits per heavy atom. The second-order valence-electron chi connectivity index (χ2n) is 19.2. The van der Waals surface area contributed by atoms with Crippen molar-refractivity contribution >= 4 is 99.7 Å². The van der Waals surface area contributed by atoms with Crippen LogP contribution < -0.4 is 31.7 Å². The zero-order valence-corrected chi connectivity index (χ0v) is 48.0. The molecule has 5 aromatic rings. The number of fused-ring (bicyclic) bond motifs is 1. The zero-order chi connectivity index (χ0) is 58.0. The van der Waals surface area contributed by atoms with Crippen molar-refractivity contribution in [1.82, 2.24) is 60.2 Å². The molecule has 8 amide bonds. The van der Waals surface area contributed by atoms with Gasteiger partial charge in [0.05, 0.1) is 42.5 Å². The number of hydrogen-bond donors (Lipinski definition) is 6. The van der Waals surface area contributed by atoms with E-state index >= 15 is 4.39 Å². The number of aryl methyl sites for hydroxylation is 2. The molecule has 80 heavy (non-hydrogen) atoms. The molecule has 5 heterocycles. The van der Waals surface area contributed by atoms with E-state index in [9.17, 15) is 33.6 Å². The molecule has 2 aromatic carbocycles. The summed E-state index contributed by atoms with van der Waals surface area (Å²) in [5, 5.41) is 22.9. The molecule has 7 N–H and O–H groups in total. The third kappa shape index (κ3) is 17.2. The molecule has 1 radical (unpaired) electrons. The van der Waals surface area contributed by atoms with Crippen LogP contribution in [-0.4, -0.2) is 178 Å². The maximum Gasteiger partial charge on any atom is 0.409 e. The normalized spacial score (nSPS) is 14.6. The van der Waals surface area contributed by atoms with Gasteiger partial charge in [-0.25, -0.2) is 28.4 Å². The number of halogens is 3. The Balaban J connectivity index is 0.00000336. The second kappa shape index (κ2) is 29.9. The number of benzene rings is 2. The number of nitrogens with one attached hydrogen (secondary N) is 5. The number of carbonyl (C=O) groups is 7. The largest absolute Gasteiger partial charge is 0.445 e. The number of aromatic amines is 1. The zero-order valence-electron chi connectivity index (χ0n) is 45.7. The lowest BCUT2D eigenvalue weighted by atomic mass is 10.0. The van der Waals surface area contributed by atoms with Crippen LogP contribution in [0.1, 0.15) is 73.3 Å². The number of amides is 8. The molecule has 3 aromatic heterocycles. The average molecular weight is 1190 g/mol. The molecule has 2 unspecified atom stereocenters. The molecule has 0 spiro atoms. The lowest BCUT2D eigenvalue weighted by Gasteiger charge is -2.29. The number of aromatic nitrogens is 5. The first-order chi connectivity index (χ1) is 38.3. The fourth-order valence-electron chi connectivity index (χ4n) is 8.60. The van der Waals surface area contributed by atoms with Gasteiger partial charge in [0.1, 0.15) is 18.5 Å². The molecule has 0 bridgehead atoms. The van der Waals surface area contributed by atoms with Crippen molar-refractivity contribution in [3.63, 3.8) is 0 Å². The van der Waals surface area contributed by atoms with Gasteiger partial charge in [0, 0.05) is 94.2 Å². The highest BCUT2D eigenvalue weighted by molar-refractivity contribution is 9.09. The number of carbonyl (C=O) groups excluding carboxylic acids is 7. The number of likely N-dealkylation sites (N-methyl/N-ethyl adjacent to an activating group) is 2. The maximum atomic E-state index is 15.2. The lowest BCUT2D eigenvalue weighted by Crippen LogP contribution is -2.56. The SMILES string of the molecule is CCC.Cc1cc(N(C(=O)N(C)CCN(C)C(=O)OCc2ccc(NC(=O)CNC(=O)C3CCCN3C(=O)C(CC(N)=O)N[B]NC(=O)CBr)cc2)c2cc(CN3CCOCC3)c3nc(C)c(Cc4ccc(Cl)cc4F)n3n2)n[nH]1. The number of likely N-dealkylation sites (tertiary alicyclic amines) is 1. The van der Waals surface area contributed by atoms with Gasteiger partial charge in [-0.15, -0.1) is 5.10 Å². The number of ether oxygens (including phenoxy) is 2. The summed E-state index contributed by atoms with van der Waals surface area (Å²) < 4.78 is 28.0. The minimum absolute atomic E-state index is 0.0125. The van der Waals surface area contributed by atoms with E-state index in [0.29, 0.717) is 85.2 Å². The van der Waals surface area contributed by atoms with E-state index < -0.39 is 66.1 Å². The van der Waals surface area contributed by atoms with Crippen LogP contribution in [-0.2, 0) is 53.0 Å². The Morgan fingerprint density at radius 2 is 1.68 bits per heavy atom. The number of nitrogens with two attached hydrogens (primary N) is 1. The van der Waals surface area contributed by atoms with Crippen LogP contribution >= 0.6 is 27.5 Å². The summed E-state index contributed by atoms with van der Waals surface area (Å²) in [5.74, 6) is -2.78. The number of nitrogens with zero attached hydrogens (tertiary/aromatic N) is 9. The number of morpholine rings is 1. The number of hydrogen-bond acceptors (Lipinski definition) is 14. The quantitative estimate of drug-likeness (QED) is 0.0421. The third-order valence-corrected chi connectivity index (χ3v) is 13.5. The van der Waals surface area contributed by atoms with Crippen LogP contribution in [0.25, 0.3) is 5.65 Å². The maximum absolute atomic E-state index is 15.2. The van der Waals surface area contributed by atoms with Crippen molar-refractivity contribution < 1.29 is 47.4 Å². The van der Waals surface area contributed by atoms with Gasteiger partial charge in [0.2, 0.25) is 29.5 Å². The first-order valence-electron chi connectivity index (χ1n) is 26.1. The molecule has 7 rings (SSSR count). The van der Waals surface area contributed by atoms with Crippen LogP contribution in [0.15, 0.2) is 54.6 Å². The first kappa shape index (κ1) is 62.0. The van der Waals surface area contributed by atoms with Crippen molar-refractivity contribution in [2.24, 2.45) is 5.73 Å². The second-order valence-corrected chi connectivity index (χ2v) is 20.2. The van der Waals surface area contributed by atoms with E-state index in [4.69, 9.17) is 36.9 Å². The van der Waals surface area contributed by atoms with Gasteiger partial charge in [-0.05, 0) is 68.1 Å². The number of alkyl halides is 1. The first-order valence-corrected chi connectivity index (χ1v) is 27.6. The van der Waals surface area contributed by atoms with E-state index in [1.165, 1.54) is 32.1 Å². The summed E-state index contributed by atoms with van der Waals surface area (Å²) in [7, 11) is 4.27. The number of H-pyrrole nitrogens is 1. The Hall–Kier alpha value is -7.20. The Labute approximate surface area is 477 Å². The summed E-state index contributed by atoms with van der Waals surface area (Å²) in [6, 6.07) is 12.0. The Kier molecular flexibility index (Phi) is 23.1. The van der Waals surface area contributed by atoms with Gasteiger partial charge in [0.15, 0.2) is 17.3 Å². The van der Waals surface area contributed by atoms with Gasteiger partial charge in [-0.3, -0.25) is 34.0 Å². The summed E-state index contributed by atoms with van der Waals surface area (Å²) in [5.41, 5.74) is 10.1. The predicted octanol–water partition coefficient (Wildman–Crippen LogP) is 4.08. The molecule has 0 saturated carbocycles. The summed E-state index contributed by atoms with van der Waals surface area (Å²) in [4.78, 5) is 103. The van der Waals surface area contributed by atoms with Gasteiger partial charge in [-0.1, -0.05) is 66.0 Å². The van der Waals surface area contributed by atoms with Crippen molar-refractivity contribution in [1.29, 1.82) is 0 Å². The summed E-state index contributed by atoms with van der Waals surface area (Å²) in [6.45, 7) is 10.8. The van der Waals surface area contributed by atoms with Gasteiger partial charge in [-0.2, -0.15) is 5.10 Å². The van der Waals surface area contributed by atoms with Crippen LogP contribution in [0, 0.1) is 19.7 Å². The molecule has 2 atom stereocenters. The molecular formula is C52H68BBrClFN15O9. The number of primary amides is 1. The monoisotopic (exact) mass is 1190 g/mol. The number of imidazole rings is 1. The van der Waals surface area contributed by atoms with Crippen LogP contribution in [0.5, 0.6) is 0 Å². The highest BCUT2D eigenvalue weighted by Crippen LogP contribution is 2.30. The van der Waals surface area contributed by atoms with E-state index in [1.54, 1.807) is 61.1 Å². The molecule has 2 aliphatic rings. The van der Waals surface area contributed by atoms with E-state index in [2.05, 4.69) is 66.0 Å². The molecule has 0 aliphatic carbocycles. The number of anilines is 3. The smallest absolute Gasteiger partial charge is 0.409 e. The molecule has 2 fully saturated rings. The standard InChI is InChI=1S/C49H60BBrClFN15O9.C3H8/c1-29-20-41(61-60-29)67(42-22-33(27-65-16-18-76-19-17-65)45-56-30(2)39(68(45)62-42)21-32-9-10-34(52)23-36(32)53)48(74)63(3)14-15-64(4)49(75)77-28-31-7-11-35(12-8-31)57-44(71)26-55-46(72)38-6-5-13-66(38)47(73)37(24-40(54)69)58-50-59-43(70)25-51;1-3-2/h7-12,20,22-23,37-38,58H,5-6,13-19,21,24-28H2,1-4H3,(H2,54,69)(H,55,72)(H,57,71)(H,59,70)(H,60,61);3H2,1-2H3. The van der Waals surface area contributed by atoms with E-state index in [-0.39, 0.29) is 61.1 Å². The van der Waals surface area contributed by atoms with Gasteiger partial charge >= 0.3 is 19.7 Å². The molecule has 2 saturated heterocycles. The van der Waals surface area contributed by atoms with Gasteiger partial charge < -0.3 is 51.0 Å². The summed E-state index contributed by atoms with van der Waals surface area (Å²) >= 11 is 9.09. The van der Waals surface area contributed by atoms with Crippen molar-refractivity contribution in [3.8, 4) is 0 Å². The molecule has 429 valence electrons. The van der Waals surface area contributed by atoms with Crippen LogP contribution in [0.4, 0.5) is 31.3 Å². The number of rotatable bonds is 22.